The number of amides is 2. The molecule has 1 aromatic carbocycles. The lowest BCUT2D eigenvalue weighted by molar-refractivity contribution is 0.251. The van der Waals surface area contributed by atoms with Crippen molar-refractivity contribution in [3.63, 3.8) is 0 Å². The third kappa shape index (κ3) is 3.49. The smallest absolute Gasteiger partial charge is 0.319 e. The zero-order chi connectivity index (χ0) is 14.5. The Hall–Kier alpha value is -2.60. The number of nitrogens with zero attached hydrogens (tertiary/aromatic N) is 1. The molecule has 0 saturated heterocycles. The first kappa shape index (κ1) is 13.4. The summed E-state index contributed by atoms with van der Waals surface area (Å²) < 4.78 is 5.14. The second-order valence-corrected chi connectivity index (χ2v) is 5.20. The zero-order valence-electron chi connectivity index (χ0n) is 11.1. The molecule has 106 valence electrons. The summed E-state index contributed by atoms with van der Waals surface area (Å²) in [6, 6.07) is 10.9. The van der Waals surface area contributed by atoms with Gasteiger partial charge in [-0.05, 0) is 36.4 Å². The molecule has 21 heavy (non-hydrogen) atoms. The highest BCUT2D eigenvalue weighted by Crippen LogP contribution is 2.23. The van der Waals surface area contributed by atoms with Crippen molar-refractivity contribution < 1.29 is 9.21 Å². The van der Waals surface area contributed by atoms with Crippen molar-refractivity contribution >= 4 is 23.1 Å². The van der Waals surface area contributed by atoms with Crippen LogP contribution in [-0.4, -0.2) is 11.0 Å². The second-order valence-electron chi connectivity index (χ2n) is 4.30. The number of benzene rings is 1. The molecular weight excluding hydrogens is 286 g/mol. The first-order chi connectivity index (χ1) is 10.3. The number of aromatic nitrogens is 1. The largest absolute Gasteiger partial charge is 0.467 e. The Morgan fingerprint density at radius 1 is 1.24 bits per heavy atom. The van der Waals surface area contributed by atoms with Crippen molar-refractivity contribution in [2.24, 2.45) is 0 Å². The minimum Gasteiger partial charge on any atom is -0.467 e. The number of anilines is 1. The zero-order valence-corrected chi connectivity index (χ0v) is 11.9. The fourth-order valence-electron chi connectivity index (χ4n) is 1.82. The van der Waals surface area contributed by atoms with Gasteiger partial charge >= 0.3 is 6.03 Å². The van der Waals surface area contributed by atoms with E-state index in [4.69, 9.17) is 4.42 Å². The van der Waals surface area contributed by atoms with Crippen LogP contribution >= 0.6 is 11.3 Å². The van der Waals surface area contributed by atoms with Gasteiger partial charge in [0, 0.05) is 22.8 Å². The van der Waals surface area contributed by atoms with E-state index in [9.17, 15) is 4.79 Å². The van der Waals surface area contributed by atoms with Crippen LogP contribution in [-0.2, 0) is 6.54 Å². The third-order valence-electron chi connectivity index (χ3n) is 2.83. The molecule has 6 heteroatoms. The molecule has 0 spiro atoms. The van der Waals surface area contributed by atoms with E-state index < -0.39 is 0 Å². The minimum atomic E-state index is -0.270. The van der Waals surface area contributed by atoms with Gasteiger partial charge in [-0.15, -0.1) is 11.3 Å². The highest BCUT2D eigenvalue weighted by atomic mass is 32.1. The molecule has 2 aromatic heterocycles. The normalized spacial score (nSPS) is 10.3. The second kappa shape index (κ2) is 6.23. The van der Waals surface area contributed by atoms with Crippen LogP contribution in [0, 0.1) is 0 Å². The molecule has 2 heterocycles. The van der Waals surface area contributed by atoms with Crippen molar-refractivity contribution in [2.75, 3.05) is 5.32 Å². The van der Waals surface area contributed by atoms with Gasteiger partial charge in [0.15, 0.2) is 0 Å². The van der Waals surface area contributed by atoms with Gasteiger partial charge in [0.1, 0.15) is 10.8 Å². The molecule has 0 aliphatic heterocycles. The quantitative estimate of drug-likeness (QED) is 0.771. The van der Waals surface area contributed by atoms with Crippen LogP contribution in [0.5, 0.6) is 0 Å². The molecule has 0 fully saturated rings. The molecule has 3 aromatic rings. The summed E-state index contributed by atoms with van der Waals surface area (Å²) in [5, 5.41) is 8.39. The summed E-state index contributed by atoms with van der Waals surface area (Å²) in [5.41, 5.74) is 1.76. The van der Waals surface area contributed by atoms with E-state index in [2.05, 4.69) is 15.6 Å². The molecule has 2 amide bonds. The van der Waals surface area contributed by atoms with Crippen LogP contribution in [0.3, 0.4) is 0 Å². The number of urea groups is 1. The highest BCUT2D eigenvalue weighted by Gasteiger charge is 2.04. The lowest BCUT2D eigenvalue weighted by atomic mass is 10.2. The maximum absolute atomic E-state index is 11.7. The van der Waals surface area contributed by atoms with E-state index in [1.165, 1.54) is 0 Å². The fraction of sp³-hybridized carbons (Fsp3) is 0.0667. The number of hydrogen-bond donors (Lipinski definition) is 2. The third-order valence-corrected chi connectivity index (χ3v) is 3.65. The predicted molar refractivity (Wildman–Crippen MR) is 82.1 cm³/mol. The molecule has 0 aliphatic carbocycles. The highest BCUT2D eigenvalue weighted by molar-refractivity contribution is 7.13. The molecule has 0 saturated carbocycles. The van der Waals surface area contributed by atoms with Gasteiger partial charge in [0.25, 0.3) is 0 Å². The Labute approximate surface area is 125 Å². The lowest BCUT2D eigenvalue weighted by Crippen LogP contribution is -2.27. The van der Waals surface area contributed by atoms with E-state index in [0.29, 0.717) is 12.3 Å². The van der Waals surface area contributed by atoms with Crippen molar-refractivity contribution in [2.45, 2.75) is 6.54 Å². The average Bonchev–Trinajstić information content (AvgIpc) is 3.19. The summed E-state index contributed by atoms with van der Waals surface area (Å²) in [7, 11) is 0. The van der Waals surface area contributed by atoms with Crippen molar-refractivity contribution in [1.82, 2.24) is 10.3 Å². The van der Waals surface area contributed by atoms with Crippen molar-refractivity contribution in [3.05, 3.63) is 60.0 Å². The van der Waals surface area contributed by atoms with Crippen molar-refractivity contribution in [3.8, 4) is 10.6 Å². The van der Waals surface area contributed by atoms with E-state index in [1.807, 2.05) is 35.7 Å². The van der Waals surface area contributed by atoms with Crippen LogP contribution in [0.15, 0.2) is 58.7 Å². The Kier molecular flexibility index (Phi) is 3.97. The first-order valence-corrected chi connectivity index (χ1v) is 7.26. The molecule has 0 unspecified atom stereocenters. The summed E-state index contributed by atoms with van der Waals surface area (Å²) >= 11 is 1.58. The topological polar surface area (TPSA) is 67.2 Å². The molecule has 2 N–H and O–H groups in total. The van der Waals surface area contributed by atoms with Crippen molar-refractivity contribution in [1.29, 1.82) is 0 Å². The maximum Gasteiger partial charge on any atom is 0.319 e. The number of hydrogen-bond acceptors (Lipinski definition) is 4. The number of furan rings is 1. The Morgan fingerprint density at radius 3 is 2.76 bits per heavy atom. The summed E-state index contributed by atoms with van der Waals surface area (Å²) in [6.45, 7) is 0.357. The molecule has 0 atom stereocenters. The van der Waals surface area contributed by atoms with Crippen LogP contribution in [0.2, 0.25) is 0 Å². The molecule has 3 rings (SSSR count). The molecule has 0 radical (unpaired) electrons. The minimum absolute atomic E-state index is 0.270. The molecule has 0 aliphatic rings. The average molecular weight is 299 g/mol. The van der Waals surface area contributed by atoms with Gasteiger partial charge in [0.05, 0.1) is 12.8 Å². The number of nitrogens with one attached hydrogen (secondary N) is 2. The van der Waals surface area contributed by atoms with E-state index in [1.54, 1.807) is 29.9 Å². The monoisotopic (exact) mass is 299 g/mol. The van der Waals surface area contributed by atoms with Crippen LogP contribution < -0.4 is 10.6 Å². The number of thiazole rings is 1. The van der Waals surface area contributed by atoms with Gasteiger partial charge in [0.2, 0.25) is 0 Å². The first-order valence-electron chi connectivity index (χ1n) is 6.38. The summed E-state index contributed by atoms with van der Waals surface area (Å²) in [5.74, 6) is 0.712. The van der Waals surface area contributed by atoms with E-state index in [0.717, 1.165) is 16.3 Å². The molecule has 0 bridgehead atoms. The Bertz CT molecular complexity index is 691. The molecular formula is C15H13N3O2S. The Balaban J connectivity index is 1.56. The maximum atomic E-state index is 11.7. The Morgan fingerprint density at radius 2 is 2.10 bits per heavy atom. The lowest BCUT2D eigenvalue weighted by Gasteiger charge is -2.07. The predicted octanol–water partition coefficient (Wildman–Crippen LogP) is 3.72. The van der Waals surface area contributed by atoms with Crippen LogP contribution in [0.25, 0.3) is 10.6 Å². The van der Waals surface area contributed by atoms with E-state index in [-0.39, 0.29) is 6.03 Å². The molecule has 5 nitrogen and oxygen atoms in total. The summed E-state index contributed by atoms with van der Waals surface area (Å²) in [6.07, 6.45) is 3.35. The number of carbonyl (C=O) groups excluding carboxylic acids is 1. The number of rotatable bonds is 4. The van der Waals surface area contributed by atoms with Gasteiger partial charge in [-0.1, -0.05) is 0 Å². The van der Waals surface area contributed by atoms with Gasteiger partial charge in [-0.25, -0.2) is 9.78 Å². The van der Waals surface area contributed by atoms with Gasteiger partial charge < -0.3 is 15.1 Å². The van der Waals surface area contributed by atoms with Crippen LogP contribution in [0.1, 0.15) is 5.76 Å². The fourth-order valence-corrected chi connectivity index (χ4v) is 2.46. The number of carbonyl (C=O) groups is 1. The van der Waals surface area contributed by atoms with E-state index >= 15 is 0 Å². The standard InChI is InChI=1S/C15H13N3O2S/c19-15(17-10-13-2-1-8-20-13)18-12-5-3-11(4-6-12)14-16-7-9-21-14/h1-9H,10H2,(H2,17,18,19). The van der Waals surface area contributed by atoms with Gasteiger partial charge in [-0.3, -0.25) is 0 Å². The summed E-state index contributed by atoms with van der Waals surface area (Å²) in [4.78, 5) is 16.0. The SMILES string of the molecule is O=C(NCc1ccco1)Nc1ccc(-c2nccs2)cc1. The van der Waals surface area contributed by atoms with Crippen LogP contribution in [0.4, 0.5) is 10.5 Å². The van der Waals surface area contributed by atoms with Gasteiger partial charge in [-0.2, -0.15) is 0 Å².